The van der Waals surface area contributed by atoms with E-state index in [9.17, 15) is 5.11 Å². The zero-order valence-corrected chi connectivity index (χ0v) is 15.1. The van der Waals surface area contributed by atoms with Crippen LogP contribution < -0.4 is 0 Å². The highest BCUT2D eigenvalue weighted by Crippen LogP contribution is 2.42. The quantitative estimate of drug-likeness (QED) is 0.572. The minimum atomic E-state index is -0.348. The molecule has 128 valence electrons. The third-order valence-corrected chi connectivity index (χ3v) is 4.88. The molecule has 0 saturated heterocycles. The molecule has 2 unspecified atom stereocenters. The Bertz CT molecular complexity index is 563. The molecule has 1 N–H and O–H groups in total. The number of ether oxygens (including phenoxy) is 2. The maximum atomic E-state index is 9.97. The summed E-state index contributed by atoms with van der Waals surface area (Å²) in [6, 6.07) is 0. The lowest BCUT2D eigenvalue weighted by atomic mass is 9.70. The predicted octanol–water partition coefficient (Wildman–Crippen LogP) is 5.00. The third-order valence-electron chi connectivity index (χ3n) is 4.88. The minimum absolute atomic E-state index is 0.0784. The number of aliphatic hydroxyl groups is 1. The van der Waals surface area contributed by atoms with Crippen molar-refractivity contribution in [3.63, 3.8) is 0 Å². The molecule has 0 aromatic heterocycles. The van der Waals surface area contributed by atoms with Gasteiger partial charge >= 0.3 is 0 Å². The van der Waals surface area contributed by atoms with Gasteiger partial charge in [-0.3, -0.25) is 0 Å². The molecule has 0 aromatic rings. The van der Waals surface area contributed by atoms with E-state index in [1.807, 2.05) is 13.0 Å². The number of rotatable bonds is 5. The van der Waals surface area contributed by atoms with E-state index < -0.39 is 0 Å². The molecule has 0 amide bonds. The Hall–Kier alpha value is -1.48. The van der Waals surface area contributed by atoms with Crippen molar-refractivity contribution in [3.05, 3.63) is 47.0 Å². The van der Waals surface area contributed by atoms with Gasteiger partial charge in [0.15, 0.2) is 0 Å². The van der Waals surface area contributed by atoms with E-state index in [0.717, 1.165) is 31.3 Å². The average molecular weight is 318 g/mol. The summed E-state index contributed by atoms with van der Waals surface area (Å²) in [5.41, 5.74) is 5.13. The van der Waals surface area contributed by atoms with Crippen LogP contribution in [0.5, 0.6) is 0 Å². The highest BCUT2D eigenvalue weighted by atomic mass is 16.7. The molecular formula is C20H30O3. The third kappa shape index (κ3) is 4.51. The summed E-state index contributed by atoms with van der Waals surface area (Å²) in [6.07, 6.45) is 6.82. The van der Waals surface area contributed by atoms with Crippen molar-refractivity contribution in [1.82, 2.24) is 0 Å². The summed E-state index contributed by atoms with van der Waals surface area (Å²) in [5.74, 6) is 0.685. The predicted molar refractivity (Wildman–Crippen MR) is 93.6 cm³/mol. The van der Waals surface area contributed by atoms with Gasteiger partial charge in [-0.05, 0) is 63.0 Å². The van der Waals surface area contributed by atoms with Crippen LogP contribution in [0, 0.1) is 5.41 Å². The number of allylic oxidation sites excluding steroid dienone is 3. The molecule has 3 heteroatoms. The largest absolute Gasteiger partial charge is 0.459 e. The topological polar surface area (TPSA) is 38.7 Å². The van der Waals surface area contributed by atoms with Crippen LogP contribution in [0.2, 0.25) is 0 Å². The van der Waals surface area contributed by atoms with Crippen molar-refractivity contribution in [2.75, 3.05) is 0 Å². The fourth-order valence-electron chi connectivity index (χ4n) is 3.59. The highest BCUT2D eigenvalue weighted by Gasteiger charge is 2.32. The van der Waals surface area contributed by atoms with E-state index in [4.69, 9.17) is 9.47 Å². The van der Waals surface area contributed by atoms with Gasteiger partial charge in [-0.1, -0.05) is 31.6 Å². The molecule has 0 bridgehead atoms. The van der Waals surface area contributed by atoms with Crippen LogP contribution in [0.15, 0.2) is 47.0 Å². The molecule has 23 heavy (non-hydrogen) atoms. The Labute approximate surface area is 140 Å². The van der Waals surface area contributed by atoms with Crippen LogP contribution in [0.3, 0.4) is 0 Å². The van der Waals surface area contributed by atoms with Crippen LogP contribution in [0.1, 0.15) is 60.3 Å². The fraction of sp³-hybridized carbons (Fsp3) is 0.600. The summed E-state index contributed by atoms with van der Waals surface area (Å²) in [5, 5.41) is 9.97. The zero-order chi connectivity index (χ0) is 17.2. The number of aliphatic hydroxyl groups excluding tert-OH is 1. The number of hydrogen-bond acceptors (Lipinski definition) is 3. The SMILES string of the molecule is C=C1OC(O/C=C(/C)CCC2=C(C)CC(O)CC2(C)C)C=C1C. The molecule has 1 aliphatic heterocycles. The Morgan fingerprint density at radius 3 is 2.74 bits per heavy atom. The lowest BCUT2D eigenvalue weighted by molar-refractivity contribution is -0.0229. The smallest absolute Gasteiger partial charge is 0.260 e. The molecule has 0 aromatic carbocycles. The van der Waals surface area contributed by atoms with Gasteiger partial charge in [0.1, 0.15) is 5.76 Å². The van der Waals surface area contributed by atoms with E-state index in [1.165, 1.54) is 16.7 Å². The fourth-order valence-corrected chi connectivity index (χ4v) is 3.59. The van der Waals surface area contributed by atoms with Crippen molar-refractivity contribution >= 4 is 0 Å². The first-order chi connectivity index (χ1) is 10.7. The van der Waals surface area contributed by atoms with Crippen LogP contribution in [-0.2, 0) is 9.47 Å². The normalized spacial score (nSPS) is 27.8. The van der Waals surface area contributed by atoms with Crippen LogP contribution in [0.4, 0.5) is 0 Å². The molecule has 2 aliphatic rings. The molecule has 3 nitrogen and oxygen atoms in total. The molecule has 0 fully saturated rings. The second-order valence-corrected chi connectivity index (χ2v) is 7.56. The zero-order valence-electron chi connectivity index (χ0n) is 15.1. The Balaban J connectivity index is 1.91. The lowest BCUT2D eigenvalue weighted by Crippen LogP contribution is -2.29. The summed E-state index contributed by atoms with van der Waals surface area (Å²) < 4.78 is 11.2. The van der Waals surface area contributed by atoms with Crippen molar-refractivity contribution < 1.29 is 14.6 Å². The van der Waals surface area contributed by atoms with E-state index in [2.05, 4.69) is 34.3 Å². The van der Waals surface area contributed by atoms with Gasteiger partial charge in [-0.25, -0.2) is 0 Å². The van der Waals surface area contributed by atoms with E-state index >= 15 is 0 Å². The van der Waals surface area contributed by atoms with Gasteiger partial charge in [0, 0.05) is 6.08 Å². The maximum absolute atomic E-state index is 9.97. The van der Waals surface area contributed by atoms with Crippen molar-refractivity contribution in [2.45, 2.75) is 72.7 Å². The summed E-state index contributed by atoms with van der Waals surface area (Å²) >= 11 is 0. The number of hydrogen-bond donors (Lipinski definition) is 1. The molecule has 0 radical (unpaired) electrons. The summed E-state index contributed by atoms with van der Waals surface area (Å²) in [7, 11) is 0. The van der Waals surface area contributed by atoms with Crippen LogP contribution >= 0.6 is 0 Å². The van der Waals surface area contributed by atoms with Gasteiger partial charge in [0.05, 0.1) is 12.4 Å². The van der Waals surface area contributed by atoms with E-state index in [1.54, 1.807) is 6.26 Å². The summed E-state index contributed by atoms with van der Waals surface area (Å²) in [6.45, 7) is 14.5. The molecule has 2 atom stereocenters. The minimum Gasteiger partial charge on any atom is -0.459 e. The first kappa shape index (κ1) is 17.9. The Morgan fingerprint density at radius 2 is 2.17 bits per heavy atom. The molecule has 2 rings (SSSR count). The molecule has 0 spiro atoms. The molecular weight excluding hydrogens is 288 g/mol. The first-order valence-electron chi connectivity index (χ1n) is 8.41. The standard InChI is InChI=1S/C20H30O3/c1-13(12-22-19-10-14(2)16(4)23-19)7-8-18-15(3)9-17(21)11-20(18,5)6/h10,12,17,19,21H,4,7-9,11H2,1-3,5-6H3/b13-12-. The van der Waals surface area contributed by atoms with Crippen molar-refractivity contribution in [2.24, 2.45) is 5.41 Å². The monoisotopic (exact) mass is 318 g/mol. The van der Waals surface area contributed by atoms with E-state index in [0.29, 0.717) is 5.76 Å². The second kappa shape index (κ2) is 6.96. The lowest BCUT2D eigenvalue weighted by Gasteiger charge is -2.37. The summed E-state index contributed by atoms with van der Waals surface area (Å²) in [4.78, 5) is 0. The molecule has 0 saturated carbocycles. The Morgan fingerprint density at radius 1 is 1.48 bits per heavy atom. The van der Waals surface area contributed by atoms with Crippen LogP contribution in [0.25, 0.3) is 0 Å². The average Bonchev–Trinajstić information content (AvgIpc) is 2.73. The first-order valence-corrected chi connectivity index (χ1v) is 8.41. The van der Waals surface area contributed by atoms with Crippen molar-refractivity contribution in [1.29, 1.82) is 0 Å². The Kier molecular flexibility index (Phi) is 5.41. The van der Waals surface area contributed by atoms with Gasteiger partial charge in [0.25, 0.3) is 6.29 Å². The van der Waals surface area contributed by atoms with Gasteiger partial charge in [0.2, 0.25) is 0 Å². The second-order valence-electron chi connectivity index (χ2n) is 7.56. The van der Waals surface area contributed by atoms with Gasteiger partial charge in [-0.2, -0.15) is 0 Å². The van der Waals surface area contributed by atoms with Gasteiger partial charge in [-0.15, -0.1) is 0 Å². The highest BCUT2D eigenvalue weighted by molar-refractivity contribution is 5.27. The molecule has 1 aliphatic carbocycles. The maximum Gasteiger partial charge on any atom is 0.260 e. The van der Waals surface area contributed by atoms with Gasteiger partial charge < -0.3 is 14.6 Å². The molecule has 1 heterocycles. The van der Waals surface area contributed by atoms with Crippen LogP contribution in [-0.4, -0.2) is 17.5 Å². The van der Waals surface area contributed by atoms with Crippen molar-refractivity contribution in [3.8, 4) is 0 Å². The van der Waals surface area contributed by atoms with E-state index in [-0.39, 0.29) is 17.8 Å².